The molecule has 2 rings (SSSR count). The van der Waals surface area contributed by atoms with Crippen LogP contribution in [0.5, 0.6) is 0 Å². The fourth-order valence-corrected chi connectivity index (χ4v) is 2.44. The average molecular weight is 239 g/mol. The number of carboxylic acids is 1. The molecular weight excluding hydrogens is 226 g/mol. The number of carbonyl (C=O) groups excluding carboxylic acids is 2. The number of aliphatic carboxylic acids is 1. The average Bonchev–Trinajstić information content (AvgIpc) is 2.82. The van der Waals surface area contributed by atoms with Crippen molar-refractivity contribution in [2.45, 2.75) is 19.3 Å². The molecule has 17 heavy (non-hydrogen) atoms. The minimum absolute atomic E-state index is 0.234. The Kier molecular flexibility index (Phi) is 2.87. The molecule has 6 heteroatoms. The largest absolute Gasteiger partial charge is 0.481 e. The summed E-state index contributed by atoms with van der Waals surface area (Å²) < 4.78 is 4.63. The summed E-state index contributed by atoms with van der Waals surface area (Å²) in [6.45, 7) is 0.560. The zero-order chi connectivity index (χ0) is 12.6. The van der Waals surface area contributed by atoms with Gasteiger partial charge in [0, 0.05) is 12.2 Å². The van der Waals surface area contributed by atoms with Gasteiger partial charge in [0.1, 0.15) is 0 Å². The lowest BCUT2D eigenvalue weighted by Gasteiger charge is -2.12. The van der Waals surface area contributed by atoms with Crippen molar-refractivity contribution in [3.8, 4) is 0 Å². The van der Waals surface area contributed by atoms with E-state index < -0.39 is 17.9 Å². The summed E-state index contributed by atoms with van der Waals surface area (Å²) >= 11 is 0. The van der Waals surface area contributed by atoms with E-state index in [1.54, 1.807) is 0 Å². The number of hydrogen-bond donors (Lipinski definition) is 1. The van der Waals surface area contributed by atoms with E-state index in [4.69, 9.17) is 5.11 Å². The van der Waals surface area contributed by atoms with Crippen molar-refractivity contribution in [1.29, 1.82) is 0 Å². The van der Waals surface area contributed by atoms with Crippen LogP contribution in [0.25, 0.3) is 0 Å². The van der Waals surface area contributed by atoms with E-state index in [9.17, 15) is 14.4 Å². The second kappa shape index (κ2) is 4.20. The molecule has 0 bridgehead atoms. The number of ether oxygens (including phenoxy) is 1. The van der Waals surface area contributed by atoms with Crippen LogP contribution in [0.3, 0.4) is 0 Å². The fraction of sp³-hybridized carbons (Fsp3) is 0.545. The highest BCUT2D eigenvalue weighted by Gasteiger charge is 2.45. The van der Waals surface area contributed by atoms with Crippen molar-refractivity contribution >= 4 is 17.8 Å². The van der Waals surface area contributed by atoms with E-state index in [-0.39, 0.29) is 17.9 Å². The van der Waals surface area contributed by atoms with Gasteiger partial charge in [0.2, 0.25) is 5.91 Å². The lowest BCUT2D eigenvalue weighted by atomic mass is 9.95. The normalized spacial score (nSPS) is 23.0. The van der Waals surface area contributed by atoms with Gasteiger partial charge < -0.3 is 14.7 Å². The molecule has 0 saturated carbocycles. The van der Waals surface area contributed by atoms with Crippen LogP contribution in [0.15, 0.2) is 11.3 Å². The van der Waals surface area contributed by atoms with Gasteiger partial charge in [0.25, 0.3) is 0 Å². The van der Waals surface area contributed by atoms with E-state index >= 15 is 0 Å². The summed E-state index contributed by atoms with van der Waals surface area (Å²) in [4.78, 5) is 35.9. The molecule has 1 N–H and O–H groups in total. The molecule has 1 saturated heterocycles. The van der Waals surface area contributed by atoms with Crippen LogP contribution in [-0.2, 0) is 19.1 Å². The molecule has 0 aromatic rings. The standard InChI is InChI=1S/C11H13NO5/c1-17-11(16)9-6(5-8(13)14)10(15)12-4-2-3-7(9)12/h6H,2-5H2,1H3,(H,13,14). The van der Waals surface area contributed by atoms with Crippen LogP contribution in [0.1, 0.15) is 19.3 Å². The highest BCUT2D eigenvalue weighted by Crippen LogP contribution is 2.38. The number of esters is 1. The van der Waals surface area contributed by atoms with Gasteiger partial charge in [-0.05, 0) is 12.8 Å². The molecule has 0 spiro atoms. The number of hydrogen-bond acceptors (Lipinski definition) is 4. The van der Waals surface area contributed by atoms with Gasteiger partial charge in [-0.15, -0.1) is 0 Å². The monoisotopic (exact) mass is 239 g/mol. The van der Waals surface area contributed by atoms with Crippen LogP contribution < -0.4 is 0 Å². The Morgan fingerprint density at radius 2 is 2.24 bits per heavy atom. The second-order valence-corrected chi connectivity index (χ2v) is 4.10. The predicted octanol–water partition coefficient (Wildman–Crippen LogP) is 0.140. The van der Waals surface area contributed by atoms with Gasteiger partial charge in [0.05, 0.1) is 25.0 Å². The van der Waals surface area contributed by atoms with Crippen LogP contribution in [0, 0.1) is 5.92 Å². The van der Waals surface area contributed by atoms with E-state index in [1.165, 1.54) is 12.0 Å². The quantitative estimate of drug-likeness (QED) is 0.708. The van der Waals surface area contributed by atoms with Gasteiger partial charge in [-0.25, -0.2) is 4.79 Å². The van der Waals surface area contributed by atoms with Crippen molar-refractivity contribution in [2.24, 2.45) is 5.92 Å². The summed E-state index contributed by atoms with van der Waals surface area (Å²) in [5.74, 6) is -2.86. The molecule has 2 heterocycles. The number of carbonyl (C=O) groups is 3. The SMILES string of the molecule is COC(=O)C1=C2CCCN2C(=O)C1CC(=O)O. The first-order chi connectivity index (χ1) is 8.06. The summed E-state index contributed by atoms with van der Waals surface area (Å²) in [5.41, 5.74) is 0.880. The topological polar surface area (TPSA) is 83.9 Å². The molecule has 1 fully saturated rings. The third-order valence-corrected chi connectivity index (χ3v) is 3.13. The number of carboxylic acid groups (broad SMARTS) is 1. The summed E-state index contributed by atoms with van der Waals surface area (Å²) in [5, 5.41) is 8.78. The van der Waals surface area contributed by atoms with Crippen molar-refractivity contribution in [1.82, 2.24) is 4.90 Å². The number of rotatable bonds is 3. The zero-order valence-corrected chi connectivity index (χ0v) is 9.43. The maximum atomic E-state index is 12.0. The molecule has 92 valence electrons. The van der Waals surface area contributed by atoms with Gasteiger partial charge in [-0.2, -0.15) is 0 Å². The summed E-state index contributed by atoms with van der Waals surface area (Å²) in [7, 11) is 1.23. The summed E-state index contributed by atoms with van der Waals surface area (Å²) in [6.07, 6.45) is 1.08. The van der Waals surface area contributed by atoms with Crippen molar-refractivity contribution in [3.05, 3.63) is 11.3 Å². The van der Waals surface area contributed by atoms with Gasteiger partial charge in [-0.3, -0.25) is 9.59 Å². The number of methoxy groups -OCH3 is 1. The molecule has 1 unspecified atom stereocenters. The van der Waals surface area contributed by atoms with Crippen LogP contribution in [0.2, 0.25) is 0 Å². The van der Waals surface area contributed by atoms with Crippen molar-refractivity contribution in [3.63, 3.8) is 0 Å². The van der Waals surface area contributed by atoms with Gasteiger partial charge in [0.15, 0.2) is 0 Å². The minimum Gasteiger partial charge on any atom is -0.481 e. The van der Waals surface area contributed by atoms with Crippen LogP contribution in [-0.4, -0.2) is 41.5 Å². The Morgan fingerprint density at radius 3 is 2.82 bits per heavy atom. The first kappa shape index (κ1) is 11.6. The molecular formula is C11H13NO5. The Hall–Kier alpha value is -1.85. The molecule has 0 aliphatic carbocycles. The van der Waals surface area contributed by atoms with Crippen LogP contribution in [0.4, 0.5) is 0 Å². The maximum absolute atomic E-state index is 12.0. The highest BCUT2D eigenvalue weighted by molar-refractivity contribution is 6.03. The Balaban J connectivity index is 2.38. The third kappa shape index (κ3) is 1.79. The minimum atomic E-state index is -1.09. The van der Waals surface area contributed by atoms with Crippen molar-refractivity contribution < 1.29 is 24.2 Å². The second-order valence-electron chi connectivity index (χ2n) is 4.10. The molecule has 0 radical (unpaired) electrons. The van der Waals surface area contributed by atoms with E-state index in [0.717, 1.165) is 6.42 Å². The van der Waals surface area contributed by atoms with E-state index in [2.05, 4.69) is 4.74 Å². The maximum Gasteiger partial charge on any atom is 0.336 e. The Bertz CT molecular complexity index is 426. The number of allylic oxidation sites excluding steroid dienone is 1. The van der Waals surface area contributed by atoms with Gasteiger partial charge in [-0.1, -0.05) is 0 Å². The molecule has 0 aromatic carbocycles. The first-order valence-electron chi connectivity index (χ1n) is 5.40. The first-order valence-corrected chi connectivity index (χ1v) is 5.40. The lowest BCUT2D eigenvalue weighted by Crippen LogP contribution is -2.28. The fourth-order valence-electron chi connectivity index (χ4n) is 2.44. The molecule has 2 aliphatic heterocycles. The molecule has 2 aliphatic rings. The van der Waals surface area contributed by atoms with E-state index in [0.29, 0.717) is 18.7 Å². The Morgan fingerprint density at radius 1 is 1.53 bits per heavy atom. The van der Waals surface area contributed by atoms with Gasteiger partial charge >= 0.3 is 11.9 Å². The molecule has 0 aromatic heterocycles. The Labute approximate surface area is 97.8 Å². The van der Waals surface area contributed by atoms with Crippen LogP contribution >= 0.6 is 0 Å². The lowest BCUT2D eigenvalue weighted by molar-refractivity contribution is -0.143. The van der Waals surface area contributed by atoms with Crippen molar-refractivity contribution in [2.75, 3.05) is 13.7 Å². The molecule has 6 nitrogen and oxygen atoms in total. The summed E-state index contributed by atoms with van der Waals surface area (Å²) in [6, 6.07) is 0. The van der Waals surface area contributed by atoms with E-state index in [1.807, 2.05) is 0 Å². The zero-order valence-electron chi connectivity index (χ0n) is 9.43. The highest BCUT2D eigenvalue weighted by atomic mass is 16.5. The number of nitrogens with zero attached hydrogens (tertiary/aromatic N) is 1. The molecule has 1 amide bonds. The third-order valence-electron chi connectivity index (χ3n) is 3.13. The predicted molar refractivity (Wildman–Crippen MR) is 55.7 cm³/mol. The number of fused-ring (bicyclic) bond motifs is 1. The number of amides is 1. The molecule has 1 atom stereocenters. The smallest absolute Gasteiger partial charge is 0.336 e.